The van der Waals surface area contributed by atoms with Crippen molar-refractivity contribution in [1.29, 1.82) is 0 Å². The second kappa shape index (κ2) is 12.1. The van der Waals surface area contributed by atoms with E-state index in [0.29, 0.717) is 38.3 Å². The molecular formula is C14H32N4O4. The predicted molar refractivity (Wildman–Crippen MR) is 84.8 cm³/mol. The van der Waals surface area contributed by atoms with Crippen LogP contribution in [0, 0.1) is 0 Å². The summed E-state index contributed by atoms with van der Waals surface area (Å²) in [6.07, 6.45) is 0. The van der Waals surface area contributed by atoms with E-state index in [4.69, 9.17) is 20.4 Å². The molecule has 1 saturated heterocycles. The van der Waals surface area contributed by atoms with Gasteiger partial charge < -0.3 is 31.1 Å². The molecule has 6 N–H and O–H groups in total. The van der Waals surface area contributed by atoms with Crippen molar-refractivity contribution >= 4 is 0 Å². The quantitative estimate of drug-likeness (QED) is 0.220. The summed E-state index contributed by atoms with van der Waals surface area (Å²) in [6, 6.07) is 0.581. The largest absolute Gasteiger partial charge is 0.395 e. The van der Waals surface area contributed by atoms with Gasteiger partial charge in [-0.1, -0.05) is 0 Å². The zero-order valence-electron chi connectivity index (χ0n) is 13.3. The van der Waals surface area contributed by atoms with Crippen LogP contribution in [-0.2, 0) is 0 Å². The summed E-state index contributed by atoms with van der Waals surface area (Å²) < 4.78 is 0. The number of rotatable bonds is 12. The van der Waals surface area contributed by atoms with Gasteiger partial charge in [-0.15, -0.1) is 0 Å². The smallest absolute Gasteiger partial charge is 0.0558 e. The minimum Gasteiger partial charge on any atom is -0.395 e. The van der Waals surface area contributed by atoms with Crippen molar-refractivity contribution < 1.29 is 20.4 Å². The van der Waals surface area contributed by atoms with E-state index in [2.05, 4.69) is 10.6 Å². The summed E-state index contributed by atoms with van der Waals surface area (Å²) in [7, 11) is 0. The third kappa shape index (κ3) is 7.80. The Morgan fingerprint density at radius 2 is 0.955 bits per heavy atom. The van der Waals surface area contributed by atoms with Gasteiger partial charge in [0.2, 0.25) is 0 Å². The molecule has 1 rings (SSSR count). The summed E-state index contributed by atoms with van der Waals surface area (Å²) in [4.78, 5) is 4.09. The lowest BCUT2D eigenvalue weighted by Gasteiger charge is -2.36. The number of aliphatic hydroxyl groups is 4. The summed E-state index contributed by atoms with van der Waals surface area (Å²) in [5.41, 5.74) is 0. The van der Waals surface area contributed by atoms with Crippen LogP contribution in [-0.4, -0.2) is 121 Å². The Balaban J connectivity index is 2.29. The van der Waals surface area contributed by atoms with Gasteiger partial charge in [0.1, 0.15) is 0 Å². The number of hydrogen-bond donors (Lipinski definition) is 6. The zero-order chi connectivity index (χ0) is 16.2. The van der Waals surface area contributed by atoms with E-state index >= 15 is 0 Å². The van der Waals surface area contributed by atoms with Crippen LogP contribution in [0.2, 0.25) is 0 Å². The minimum absolute atomic E-state index is 0.0973. The third-order valence-corrected chi connectivity index (χ3v) is 3.93. The predicted octanol–water partition coefficient (Wildman–Crippen LogP) is -3.51. The highest BCUT2D eigenvalue weighted by molar-refractivity contribution is 4.86. The van der Waals surface area contributed by atoms with Crippen molar-refractivity contribution in [3.63, 3.8) is 0 Å². The van der Waals surface area contributed by atoms with Crippen molar-refractivity contribution in [3.8, 4) is 0 Å². The molecule has 0 amide bonds. The SMILES string of the molecule is OCCN(CCO)CC1CNC(CN(CCO)CCO)CN1. The fourth-order valence-electron chi connectivity index (χ4n) is 2.80. The molecule has 8 heteroatoms. The van der Waals surface area contributed by atoms with Crippen LogP contribution in [0.15, 0.2) is 0 Å². The first-order valence-electron chi connectivity index (χ1n) is 8.08. The normalized spacial score (nSPS) is 22.6. The van der Waals surface area contributed by atoms with E-state index in [9.17, 15) is 0 Å². The lowest BCUT2D eigenvalue weighted by Crippen LogP contribution is -2.60. The molecule has 0 spiro atoms. The zero-order valence-corrected chi connectivity index (χ0v) is 13.3. The minimum atomic E-state index is 0.0973. The van der Waals surface area contributed by atoms with E-state index in [-0.39, 0.29) is 26.4 Å². The standard InChI is InChI=1S/C14H32N4O4/c19-5-1-17(2-6-20)11-13-9-16-14(10-15-13)12-18(3-7-21)4-8-22/h13-16,19-22H,1-12H2. The first-order valence-corrected chi connectivity index (χ1v) is 8.08. The van der Waals surface area contributed by atoms with Crippen LogP contribution < -0.4 is 10.6 Å². The molecule has 22 heavy (non-hydrogen) atoms. The average Bonchev–Trinajstić information content (AvgIpc) is 2.50. The van der Waals surface area contributed by atoms with E-state index in [1.165, 1.54) is 0 Å². The maximum absolute atomic E-state index is 9.03. The number of piperazine rings is 1. The van der Waals surface area contributed by atoms with E-state index in [1.807, 2.05) is 9.80 Å². The van der Waals surface area contributed by atoms with Crippen molar-refractivity contribution in [1.82, 2.24) is 20.4 Å². The highest BCUT2D eigenvalue weighted by Crippen LogP contribution is 2.00. The van der Waals surface area contributed by atoms with Gasteiger partial charge in [-0.05, 0) is 0 Å². The third-order valence-electron chi connectivity index (χ3n) is 3.93. The molecule has 2 atom stereocenters. The molecule has 0 aromatic rings. The molecule has 0 aliphatic carbocycles. The Bertz CT molecular complexity index is 227. The van der Waals surface area contributed by atoms with Crippen molar-refractivity contribution in [2.75, 3.05) is 78.8 Å². The number of nitrogens with zero attached hydrogens (tertiary/aromatic N) is 2. The van der Waals surface area contributed by atoms with Gasteiger partial charge in [0, 0.05) is 64.4 Å². The first-order chi connectivity index (χ1) is 10.7. The summed E-state index contributed by atoms with van der Waals surface area (Å²) >= 11 is 0. The maximum atomic E-state index is 9.03. The Labute approximate surface area is 132 Å². The van der Waals surface area contributed by atoms with E-state index in [0.717, 1.165) is 26.2 Å². The average molecular weight is 320 g/mol. The Morgan fingerprint density at radius 3 is 1.18 bits per heavy atom. The van der Waals surface area contributed by atoms with Gasteiger partial charge >= 0.3 is 0 Å². The molecule has 0 aromatic heterocycles. The van der Waals surface area contributed by atoms with Gasteiger partial charge in [-0.25, -0.2) is 0 Å². The topological polar surface area (TPSA) is 111 Å². The first kappa shape index (κ1) is 19.7. The van der Waals surface area contributed by atoms with Crippen molar-refractivity contribution in [2.45, 2.75) is 12.1 Å². The number of hydrogen-bond acceptors (Lipinski definition) is 8. The lowest BCUT2D eigenvalue weighted by atomic mass is 10.1. The van der Waals surface area contributed by atoms with Crippen LogP contribution in [0.4, 0.5) is 0 Å². The fraction of sp³-hybridized carbons (Fsp3) is 1.00. The van der Waals surface area contributed by atoms with Crippen LogP contribution >= 0.6 is 0 Å². The van der Waals surface area contributed by atoms with Gasteiger partial charge in [-0.2, -0.15) is 0 Å². The Hall–Kier alpha value is -0.320. The van der Waals surface area contributed by atoms with Gasteiger partial charge in [-0.3, -0.25) is 9.80 Å². The van der Waals surface area contributed by atoms with E-state index in [1.54, 1.807) is 0 Å². The molecule has 2 unspecified atom stereocenters. The van der Waals surface area contributed by atoms with Crippen LogP contribution in [0.5, 0.6) is 0 Å². The lowest BCUT2D eigenvalue weighted by molar-refractivity contribution is 0.129. The van der Waals surface area contributed by atoms with Crippen LogP contribution in [0.25, 0.3) is 0 Å². The molecule has 1 heterocycles. The van der Waals surface area contributed by atoms with Crippen LogP contribution in [0.1, 0.15) is 0 Å². The highest BCUT2D eigenvalue weighted by Gasteiger charge is 2.23. The molecule has 132 valence electrons. The van der Waals surface area contributed by atoms with Crippen molar-refractivity contribution in [2.24, 2.45) is 0 Å². The molecule has 0 saturated carbocycles. The van der Waals surface area contributed by atoms with Gasteiger partial charge in [0.25, 0.3) is 0 Å². The monoisotopic (exact) mass is 320 g/mol. The summed E-state index contributed by atoms with van der Waals surface area (Å²) in [5, 5.41) is 43.1. The second-order valence-electron chi connectivity index (χ2n) is 5.71. The molecule has 0 aromatic carbocycles. The number of nitrogens with one attached hydrogen (secondary N) is 2. The molecular weight excluding hydrogens is 288 g/mol. The molecule has 0 radical (unpaired) electrons. The molecule has 8 nitrogen and oxygen atoms in total. The second-order valence-corrected chi connectivity index (χ2v) is 5.71. The molecule has 1 aliphatic heterocycles. The Morgan fingerprint density at radius 1 is 0.636 bits per heavy atom. The molecule has 0 bridgehead atoms. The van der Waals surface area contributed by atoms with Gasteiger partial charge in [0.15, 0.2) is 0 Å². The van der Waals surface area contributed by atoms with Gasteiger partial charge in [0.05, 0.1) is 26.4 Å². The maximum Gasteiger partial charge on any atom is 0.0558 e. The fourth-order valence-corrected chi connectivity index (χ4v) is 2.80. The molecule has 1 aliphatic rings. The molecule has 1 fully saturated rings. The Kier molecular flexibility index (Phi) is 10.9. The highest BCUT2D eigenvalue weighted by atomic mass is 16.3. The van der Waals surface area contributed by atoms with E-state index < -0.39 is 0 Å². The van der Waals surface area contributed by atoms with Crippen molar-refractivity contribution in [3.05, 3.63) is 0 Å². The van der Waals surface area contributed by atoms with Crippen LogP contribution in [0.3, 0.4) is 0 Å². The summed E-state index contributed by atoms with van der Waals surface area (Å²) in [5.74, 6) is 0. The number of aliphatic hydroxyl groups excluding tert-OH is 4. The summed E-state index contributed by atoms with van der Waals surface area (Å²) in [6.45, 7) is 5.90.